The molecule has 0 aliphatic heterocycles. The summed E-state index contributed by atoms with van der Waals surface area (Å²) in [7, 11) is 4.52. The molecule has 0 bridgehead atoms. The van der Waals surface area contributed by atoms with E-state index in [0.717, 1.165) is 10.9 Å². The van der Waals surface area contributed by atoms with Crippen LogP contribution < -0.4 is 17.0 Å². The molecule has 0 fully saturated rings. The zero-order chi connectivity index (χ0) is 14.6. The summed E-state index contributed by atoms with van der Waals surface area (Å²) in [6.45, 7) is 5.98. The van der Waals surface area contributed by atoms with Gasteiger partial charge in [-0.25, -0.2) is 0 Å². The summed E-state index contributed by atoms with van der Waals surface area (Å²) in [5.74, 6) is 0. The van der Waals surface area contributed by atoms with Crippen LogP contribution in [0.25, 0.3) is 0 Å². The molecule has 2 nitrogen and oxygen atoms in total. The Balaban J connectivity index is 0. The van der Waals surface area contributed by atoms with Crippen molar-refractivity contribution in [1.82, 2.24) is 0 Å². The van der Waals surface area contributed by atoms with Crippen LogP contribution in [-0.4, -0.2) is 42.9 Å². The Bertz CT molecular complexity index is 193. The number of likely N-dealkylation sites (N-methyl/N-ethyl adjacent to an activating group) is 1. The largest absolute Gasteiger partial charge is 1.00 e. The molecule has 124 valence electrons. The number of nitrogens with zero attached hydrogens (tertiary/aromatic N) is 1. The zero-order valence-electron chi connectivity index (χ0n) is 14.3. The van der Waals surface area contributed by atoms with E-state index in [-0.39, 0.29) is 17.0 Å². The molecule has 0 spiro atoms. The van der Waals surface area contributed by atoms with Crippen molar-refractivity contribution in [3.63, 3.8) is 0 Å². The summed E-state index contributed by atoms with van der Waals surface area (Å²) in [5.41, 5.74) is 0. The van der Waals surface area contributed by atoms with Crippen molar-refractivity contribution in [2.45, 2.75) is 84.1 Å². The van der Waals surface area contributed by atoms with E-state index < -0.39 is 0 Å². The van der Waals surface area contributed by atoms with E-state index in [1.54, 1.807) is 0 Å². The fraction of sp³-hybridized carbons (Fsp3) is 1.00. The average Bonchev–Trinajstić information content (AvgIpc) is 2.38. The van der Waals surface area contributed by atoms with Gasteiger partial charge in [0.2, 0.25) is 0 Å². The summed E-state index contributed by atoms with van der Waals surface area (Å²) in [4.78, 5) is 0. The molecule has 0 saturated heterocycles. The van der Waals surface area contributed by atoms with Gasteiger partial charge in [-0.1, -0.05) is 58.8 Å². The molecule has 1 N–H and O–H groups in total. The molecule has 0 saturated carbocycles. The maximum absolute atomic E-state index is 9.39. The summed E-state index contributed by atoms with van der Waals surface area (Å²) >= 11 is 0. The molecule has 0 rings (SSSR count). The van der Waals surface area contributed by atoms with Crippen LogP contribution in [0.15, 0.2) is 0 Å². The normalized spacial score (nSPS) is 13.1. The molecule has 0 aromatic rings. The Morgan fingerprint density at radius 2 is 1.25 bits per heavy atom. The van der Waals surface area contributed by atoms with Crippen molar-refractivity contribution in [3.05, 3.63) is 0 Å². The van der Waals surface area contributed by atoms with Crippen LogP contribution in [0.5, 0.6) is 0 Å². The van der Waals surface area contributed by atoms with E-state index in [1.165, 1.54) is 64.3 Å². The second-order valence-electron chi connectivity index (χ2n) is 6.58. The lowest BCUT2D eigenvalue weighted by Gasteiger charge is -2.36. The monoisotopic (exact) mass is 351 g/mol. The molecular formula is C17H38BrNO. The second kappa shape index (κ2) is 14.3. The van der Waals surface area contributed by atoms with Crippen LogP contribution in [0.1, 0.15) is 78.1 Å². The summed E-state index contributed by atoms with van der Waals surface area (Å²) in [6, 6.07) is 0.411. The highest BCUT2D eigenvalue weighted by molar-refractivity contribution is 4.54. The number of aliphatic hydroxyl groups is 1. The molecule has 20 heavy (non-hydrogen) atoms. The van der Waals surface area contributed by atoms with Gasteiger partial charge in [-0.2, -0.15) is 0 Å². The first-order chi connectivity index (χ1) is 9.08. The van der Waals surface area contributed by atoms with E-state index in [9.17, 15) is 5.11 Å². The Labute approximate surface area is 138 Å². The van der Waals surface area contributed by atoms with Crippen molar-refractivity contribution in [3.8, 4) is 0 Å². The molecule has 3 heteroatoms. The lowest BCUT2D eigenvalue weighted by molar-refractivity contribution is -0.915. The first-order valence-corrected chi connectivity index (χ1v) is 8.52. The number of halogens is 1. The number of rotatable bonds is 13. The lowest BCUT2D eigenvalue weighted by Crippen LogP contribution is -3.00. The van der Waals surface area contributed by atoms with Crippen LogP contribution in [0.3, 0.4) is 0 Å². The van der Waals surface area contributed by atoms with E-state index >= 15 is 0 Å². The fourth-order valence-corrected chi connectivity index (χ4v) is 2.86. The highest BCUT2D eigenvalue weighted by atomic mass is 79.9. The quantitative estimate of drug-likeness (QED) is 0.392. The van der Waals surface area contributed by atoms with Crippen molar-refractivity contribution in [2.75, 3.05) is 27.2 Å². The van der Waals surface area contributed by atoms with Crippen LogP contribution >= 0.6 is 0 Å². The number of hydrogen-bond donors (Lipinski definition) is 1. The molecule has 0 amide bonds. The molecule has 0 aliphatic rings. The van der Waals surface area contributed by atoms with Gasteiger partial charge >= 0.3 is 0 Å². The molecule has 0 radical (unpaired) electrons. The van der Waals surface area contributed by atoms with Crippen LogP contribution in [0, 0.1) is 0 Å². The van der Waals surface area contributed by atoms with Crippen molar-refractivity contribution < 1.29 is 26.6 Å². The minimum absolute atomic E-state index is 0. The summed E-state index contributed by atoms with van der Waals surface area (Å²) in [5, 5.41) is 9.39. The van der Waals surface area contributed by atoms with Crippen molar-refractivity contribution >= 4 is 0 Å². The highest BCUT2D eigenvalue weighted by Gasteiger charge is 2.24. The molecule has 0 heterocycles. The molecule has 1 atom stereocenters. The predicted molar refractivity (Wildman–Crippen MR) is 85.4 cm³/mol. The number of quaternary nitrogens is 1. The fourth-order valence-electron chi connectivity index (χ4n) is 2.86. The minimum atomic E-state index is 0. The van der Waals surface area contributed by atoms with E-state index in [0.29, 0.717) is 12.6 Å². The number of unbranched alkanes of at least 4 members (excludes halogenated alkanes) is 8. The first-order valence-electron chi connectivity index (χ1n) is 8.52. The molecule has 0 aromatic carbocycles. The molecule has 0 aromatic heterocycles. The third-order valence-electron chi connectivity index (χ3n) is 4.51. The smallest absolute Gasteiger partial charge is 0.112 e. The highest BCUT2D eigenvalue weighted by Crippen LogP contribution is 2.14. The topological polar surface area (TPSA) is 20.2 Å². The standard InChI is InChI=1S/C17H38NO.BrH/c1-5-7-8-9-10-11-12-13-14-15-18(3,4)17(6-2)16-19;/h17,19H,5-16H2,1-4H3;1H/q+1;/p-1. The zero-order valence-corrected chi connectivity index (χ0v) is 15.9. The van der Waals surface area contributed by atoms with E-state index in [2.05, 4.69) is 27.9 Å². The van der Waals surface area contributed by atoms with Gasteiger partial charge in [0.25, 0.3) is 0 Å². The van der Waals surface area contributed by atoms with Gasteiger partial charge < -0.3 is 26.6 Å². The van der Waals surface area contributed by atoms with Crippen LogP contribution in [0.4, 0.5) is 0 Å². The van der Waals surface area contributed by atoms with E-state index in [4.69, 9.17) is 0 Å². The van der Waals surface area contributed by atoms with Crippen molar-refractivity contribution in [2.24, 2.45) is 0 Å². The second-order valence-corrected chi connectivity index (χ2v) is 6.58. The predicted octanol–water partition coefficient (Wildman–Crippen LogP) is 1.37. The maximum atomic E-state index is 9.39. The number of aliphatic hydroxyl groups excluding tert-OH is 1. The van der Waals surface area contributed by atoms with Crippen molar-refractivity contribution in [1.29, 1.82) is 0 Å². The Kier molecular flexibility index (Phi) is 16.3. The van der Waals surface area contributed by atoms with Gasteiger partial charge in [0, 0.05) is 0 Å². The summed E-state index contributed by atoms with van der Waals surface area (Å²) in [6.07, 6.45) is 13.6. The van der Waals surface area contributed by atoms with Gasteiger partial charge in [0.1, 0.15) is 6.04 Å². The summed E-state index contributed by atoms with van der Waals surface area (Å²) < 4.78 is 0.976. The van der Waals surface area contributed by atoms with Gasteiger partial charge in [0.15, 0.2) is 0 Å². The van der Waals surface area contributed by atoms with Gasteiger partial charge in [-0.05, 0) is 19.3 Å². The number of hydrogen-bond acceptors (Lipinski definition) is 1. The van der Waals surface area contributed by atoms with Gasteiger partial charge in [0.05, 0.1) is 27.2 Å². The Hall–Kier alpha value is 0.400. The maximum Gasteiger partial charge on any atom is 0.112 e. The van der Waals surface area contributed by atoms with E-state index in [1.807, 2.05) is 0 Å². The SMILES string of the molecule is CCCCCCCCCCC[N+](C)(C)C(CC)CO.[Br-]. The lowest BCUT2D eigenvalue weighted by atomic mass is 10.1. The average molecular weight is 352 g/mol. The third-order valence-corrected chi connectivity index (χ3v) is 4.51. The van der Waals surface area contributed by atoms with Gasteiger partial charge in [-0.3, -0.25) is 0 Å². The molecule has 1 unspecified atom stereocenters. The molecular weight excluding hydrogens is 314 g/mol. The Morgan fingerprint density at radius 3 is 1.65 bits per heavy atom. The Morgan fingerprint density at radius 1 is 0.800 bits per heavy atom. The minimum Gasteiger partial charge on any atom is -1.00 e. The van der Waals surface area contributed by atoms with Gasteiger partial charge in [-0.15, -0.1) is 0 Å². The van der Waals surface area contributed by atoms with Crippen LogP contribution in [0.2, 0.25) is 0 Å². The first kappa shape index (κ1) is 22.7. The van der Waals surface area contributed by atoms with Crippen LogP contribution in [-0.2, 0) is 0 Å². The molecule has 0 aliphatic carbocycles. The third kappa shape index (κ3) is 11.1.